The highest BCUT2D eigenvalue weighted by molar-refractivity contribution is 5.37. The van der Waals surface area contributed by atoms with Crippen LogP contribution < -0.4 is 10.2 Å². The third kappa shape index (κ3) is 4.16. The Bertz CT molecular complexity index is 271. The zero-order valence-corrected chi connectivity index (χ0v) is 10.1. The maximum absolute atomic E-state index is 9.33. The van der Waals surface area contributed by atoms with Crippen molar-refractivity contribution in [3.8, 4) is 0 Å². The van der Waals surface area contributed by atoms with Gasteiger partial charge in [0, 0.05) is 19.3 Å². The summed E-state index contributed by atoms with van der Waals surface area (Å²) in [5.74, 6) is 1.02. The highest BCUT2D eigenvalue weighted by atomic mass is 16.3. The van der Waals surface area contributed by atoms with Crippen LogP contribution in [0.15, 0.2) is 24.4 Å². The van der Waals surface area contributed by atoms with E-state index in [0.29, 0.717) is 0 Å². The van der Waals surface area contributed by atoms with Crippen LogP contribution in [-0.2, 0) is 0 Å². The molecule has 1 saturated heterocycles. The maximum atomic E-state index is 9.33. The predicted molar refractivity (Wildman–Crippen MR) is 66.7 cm³/mol. The molecule has 1 aliphatic rings. The van der Waals surface area contributed by atoms with E-state index in [4.69, 9.17) is 0 Å². The van der Waals surface area contributed by atoms with E-state index in [-0.39, 0.29) is 6.10 Å². The molecule has 16 heavy (non-hydrogen) atoms. The van der Waals surface area contributed by atoms with Crippen molar-refractivity contribution in [1.82, 2.24) is 10.3 Å². The van der Waals surface area contributed by atoms with Crippen molar-refractivity contribution >= 4 is 5.82 Å². The molecule has 2 rings (SSSR count). The second kappa shape index (κ2) is 7.19. The standard InChI is InChI=1S/C10H14N2O.C2H7N/c13-9-4-7-12(8-5-9)10-3-1-2-6-11-10;1-3-2/h1-3,6,9,13H,4-5,7-8H2;3H,1-2H3. The van der Waals surface area contributed by atoms with Gasteiger partial charge in [0.25, 0.3) is 0 Å². The molecular weight excluding hydrogens is 202 g/mol. The Hall–Kier alpha value is -1.13. The molecule has 0 aliphatic carbocycles. The Kier molecular flexibility index (Phi) is 5.82. The molecule has 1 aromatic heterocycles. The van der Waals surface area contributed by atoms with Crippen LogP contribution in [0, 0.1) is 0 Å². The van der Waals surface area contributed by atoms with Gasteiger partial charge in [-0.1, -0.05) is 6.07 Å². The SMILES string of the molecule is CNC.OC1CCN(c2ccccn2)CC1. The third-order valence-corrected chi connectivity index (χ3v) is 2.44. The number of rotatable bonds is 1. The first-order chi connectivity index (χ1) is 7.77. The van der Waals surface area contributed by atoms with Crippen LogP contribution >= 0.6 is 0 Å². The van der Waals surface area contributed by atoms with Crippen LogP contribution in [0.5, 0.6) is 0 Å². The number of nitrogens with zero attached hydrogens (tertiary/aromatic N) is 2. The number of nitrogens with one attached hydrogen (secondary N) is 1. The van der Waals surface area contributed by atoms with Gasteiger partial charge in [0.15, 0.2) is 0 Å². The molecule has 0 atom stereocenters. The van der Waals surface area contributed by atoms with Crippen molar-refractivity contribution in [2.75, 3.05) is 32.1 Å². The highest BCUT2D eigenvalue weighted by Gasteiger charge is 2.17. The molecule has 0 radical (unpaired) electrons. The predicted octanol–water partition coefficient (Wildman–Crippen LogP) is 0.878. The summed E-state index contributed by atoms with van der Waals surface area (Å²) < 4.78 is 0. The lowest BCUT2D eigenvalue weighted by molar-refractivity contribution is 0.145. The quantitative estimate of drug-likeness (QED) is 0.742. The fourth-order valence-electron chi connectivity index (χ4n) is 1.64. The van der Waals surface area contributed by atoms with Crippen LogP contribution in [0.4, 0.5) is 5.82 Å². The van der Waals surface area contributed by atoms with Crippen LogP contribution in [0.1, 0.15) is 12.8 Å². The molecule has 2 N–H and O–H groups in total. The summed E-state index contributed by atoms with van der Waals surface area (Å²) in [5.41, 5.74) is 0. The third-order valence-electron chi connectivity index (χ3n) is 2.44. The molecule has 4 heteroatoms. The molecular formula is C12H21N3O. The first-order valence-electron chi connectivity index (χ1n) is 5.70. The van der Waals surface area contributed by atoms with E-state index in [0.717, 1.165) is 31.7 Å². The van der Waals surface area contributed by atoms with Gasteiger partial charge in [-0.2, -0.15) is 0 Å². The number of anilines is 1. The van der Waals surface area contributed by atoms with Crippen molar-refractivity contribution in [1.29, 1.82) is 0 Å². The lowest BCUT2D eigenvalue weighted by Crippen LogP contribution is -2.36. The number of piperidine rings is 1. The van der Waals surface area contributed by atoms with Gasteiger partial charge >= 0.3 is 0 Å². The minimum Gasteiger partial charge on any atom is -0.393 e. The Morgan fingerprint density at radius 1 is 1.31 bits per heavy atom. The summed E-state index contributed by atoms with van der Waals surface area (Å²) in [6, 6.07) is 5.92. The summed E-state index contributed by atoms with van der Waals surface area (Å²) in [5, 5.41) is 12.1. The first kappa shape index (κ1) is 12.9. The summed E-state index contributed by atoms with van der Waals surface area (Å²) in [6.45, 7) is 1.83. The zero-order valence-electron chi connectivity index (χ0n) is 10.1. The number of aliphatic hydroxyl groups is 1. The Morgan fingerprint density at radius 2 is 1.94 bits per heavy atom. The number of aliphatic hydroxyl groups excluding tert-OH is 1. The monoisotopic (exact) mass is 223 g/mol. The Labute approximate surface area is 97.3 Å². The van der Waals surface area contributed by atoms with Gasteiger partial charge in [-0.05, 0) is 39.1 Å². The van der Waals surface area contributed by atoms with E-state index in [1.165, 1.54) is 0 Å². The second-order valence-corrected chi connectivity index (χ2v) is 3.91. The number of hydrogen-bond donors (Lipinski definition) is 2. The topological polar surface area (TPSA) is 48.4 Å². The van der Waals surface area contributed by atoms with Crippen LogP contribution in [0.25, 0.3) is 0 Å². The summed E-state index contributed by atoms with van der Waals surface area (Å²) in [6.07, 6.45) is 3.41. The van der Waals surface area contributed by atoms with Crippen molar-refractivity contribution in [3.63, 3.8) is 0 Å². The average molecular weight is 223 g/mol. The van der Waals surface area contributed by atoms with Crippen molar-refractivity contribution < 1.29 is 5.11 Å². The minimum absolute atomic E-state index is 0.111. The molecule has 0 amide bonds. The fraction of sp³-hybridized carbons (Fsp3) is 0.583. The van der Waals surface area contributed by atoms with Crippen LogP contribution in [0.2, 0.25) is 0 Å². The molecule has 1 fully saturated rings. The Balaban J connectivity index is 0.000000386. The molecule has 0 unspecified atom stereocenters. The van der Waals surface area contributed by atoms with E-state index >= 15 is 0 Å². The summed E-state index contributed by atoms with van der Waals surface area (Å²) in [4.78, 5) is 6.49. The summed E-state index contributed by atoms with van der Waals surface area (Å²) in [7, 11) is 3.75. The van der Waals surface area contributed by atoms with Crippen LogP contribution in [0.3, 0.4) is 0 Å². The fourth-order valence-corrected chi connectivity index (χ4v) is 1.64. The molecule has 90 valence electrons. The number of pyridine rings is 1. The zero-order chi connectivity index (χ0) is 11.8. The van der Waals surface area contributed by atoms with E-state index < -0.39 is 0 Å². The van der Waals surface area contributed by atoms with E-state index in [9.17, 15) is 5.11 Å². The van der Waals surface area contributed by atoms with Crippen molar-refractivity contribution in [2.24, 2.45) is 0 Å². The maximum Gasteiger partial charge on any atom is 0.128 e. The van der Waals surface area contributed by atoms with Gasteiger partial charge in [0.05, 0.1) is 6.10 Å². The van der Waals surface area contributed by atoms with Gasteiger partial charge in [-0.25, -0.2) is 4.98 Å². The van der Waals surface area contributed by atoms with E-state index in [1.807, 2.05) is 32.3 Å². The van der Waals surface area contributed by atoms with Crippen molar-refractivity contribution in [3.05, 3.63) is 24.4 Å². The van der Waals surface area contributed by atoms with Gasteiger partial charge in [0.1, 0.15) is 5.82 Å². The molecule has 0 bridgehead atoms. The lowest BCUT2D eigenvalue weighted by atomic mass is 10.1. The Morgan fingerprint density at radius 3 is 2.44 bits per heavy atom. The van der Waals surface area contributed by atoms with Gasteiger partial charge in [0.2, 0.25) is 0 Å². The first-order valence-corrected chi connectivity index (χ1v) is 5.70. The normalized spacial score (nSPS) is 16.6. The molecule has 0 aromatic carbocycles. The van der Waals surface area contributed by atoms with Gasteiger partial charge in [-0.3, -0.25) is 0 Å². The molecule has 0 spiro atoms. The molecule has 1 aromatic rings. The van der Waals surface area contributed by atoms with Gasteiger partial charge < -0.3 is 15.3 Å². The van der Waals surface area contributed by atoms with E-state index in [1.54, 1.807) is 6.20 Å². The van der Waals surface area contributed by atoms with Gasteiger partial charge in [-0.15, -0.1) is 0 Å². The van der Waals surface area contributed by atoms with E-state index in [2.05, 4.69) is 15.2 Å². The van der Waals surface area contributed by atoms with Crippen molar-refractivity contribution in [2.45, 2.75) is 18.9 Å². The second-order valence-electron chi connectivity index (χ2n) is 3.91. The highest BCUT2D eigenvalue weighted by Crippen LogP contribution is 2.16. The van der Waals surface area contributed by atoms with Crippen LogP contribution in [-0.4, -0.2) is 43.4 Å². The molecule has 1 aliphatic heterocycles. The minimum atomic E-state index is -0.111. The summed E-state index contributed by atoms with van der Waals surface area (Å²) >= 11 is 0. The molecule has 0 saturated carbocycles. The average Bonchev–Trinajstić information content (AvgIpc) is 2.32. The number of aromatic nitrogens is 1. The number of hydrogen-bond acceptors (Lipinski definition) is 4. The molecule has 4 nitrogen and oxygen atoms in total. The smallest absolute Gasteiger partial charge is 0.128 e. The largest absolute Gasteiger partial charge is 0.393 e. The molecule has 2 heterocycles. The lowest BCUT2D eigenvalue weighted by Gasteiger charge is -2.30.